The molecule has 0 bridgehead atoms. The highest BCUT2D eigenvalue weighted by Crippen LogP contribution is 2.12. The molecular formula is C8H9FIN. The first kappa shape index (κ1) is 8.93. The summed E-state index contributed by atoms with van der Waals surface area (Å²) in [7, 11) is 0. The fourth-order valence-corrected chi connectivity index (χ4v) is 1.16. The maximum Gasteiger partial charge on any atom is 0.109 e. The Bertz CT molecular complexity index is 222. The largest absolute Gasteiger partial charge is 0.322 e. The normalized spacial score (nSPS) is 13.0. The predicted octanol–water partition coefficient (Wildman–Crippen LogP) is 2.26. The van der Waals surface area contributed by atoms with Crippen molar-refractivity contribution < 1.29 is 4.39 Å². The summed E-state index contributed by atoms with van der Waals surface area (Å²) in [5.74, 6) is 0. The van der Waals surface area contributed by atoms with E-state index in [1.54, 1.807) is 0 Å². The molecule has 0 aliphatic heterocycles. The predicted molar refractivity (Wildman–Crippen MR) is 52.1 cm³/mol. The third kappa shape index (κ3) is 2.41. The van der Waals surface area contributed by atoms with Crippen LogP contribution in [0, 0.1) is 3.57 Å². The van der Waals surface area contributed by atoms with Gasteiger partial charge in [0, 0.05) is 3.57 Å². The van der Waals surface area contributed by atoms with Crippen LogP contribution >= 0.6 is 22.6 Å². The second-order valence-corrected chi connectivity index (χ2v) is 3.56. The molecule has 0 spiro atoms. The molecule has 60 valence electrons. The van der Waals surface area contributed by atoms with Gasteiger partial charge in [0.25, 0.3) is 0 Å². The van der Waals surface area contributed by atoms with Gasteiger partial charge in [-0.15, -0.1) is 0 Å². The van der Waals surface area contributed by atoms with Crippen LogP contribution in [0.2, 0.25) is 0 Å². The molecule has 0 unspecified atom stereocenters. The molecule has 11 heavy (non-hydrogen) atoms. The summed E-state index contributed by atoms with van der Waals surface area (Å²) in [5, 5.41) is 0. The molecule has 1 rings (SSSR count). The van der Waals surface area contributed by atoms with Crippen molar-refractivity contribution in [3.8, 4) is 0 Å². The van der Waals surface area contributed by atoms with Gasteiger partial charge in [0.05, 0.1) is 6.04 Å². The monoisotopic (exact) mass is 265 g/mol. The lowest BCUT2D eigenvalue weighted by Gasteiger charge is -2.05. The van der Waals surface area contributed by atoms with Crippen molar-refractivity contribution in [1.29, 1.82) is 0 Å². The van der Waals surface area contributed by atoms with Gasteiger partial charge in [-0.3, -0.25) is 0 Å². The standard InChI is InChI=1S/C8H9FIN/c9-5-8(11)6-1-3-7(10)4-2-6/h1-4,8H,5,11H2/t8-/m0/s1. The van der Waals surface area contributed by atoms with Crippen LogP contribution in [0.1, 0.15) is 11.6 Å². The average Bonchev–Trinajstić information content (AvgIpc) is 2.05. The van der Waals surface area contributed by atoms with E-state index in [0.717, 1.165) is 9.13 Å². The minimum atomic E-state index is -0.499. The Hall–Kier alpha value is -0.160. The van der Waals surface area contributed by atoms with Crippen molar-refractivity contribution in [1.82, 2.24) is 0 Å². The average molecular weight is 265 g/mol. The van der Waals surface area contributed by atoms with Crippen molar-refractivity contribution in [2.24, 2.45) is 5.73 Å². The van der Waals surface area contributed by atoms with E-state index in [0.29, 0.717) is 0 Å². The van der Waals surface area contributed by atoms with Gasteiger partial charge in [0.15, 0.2) is 0 Å². The van der Waals surface area contributed by atoms with Crippen LogP contribution in [0.15, 0.2) is 24.3 Å². The molecule has 0 radical (unpaired) electrons. The molecule has 1 aromatic rings. The van der Waals surface area contributed by atoms with Crippen LogP contribution in [0.25, 0.3) is 0 Å². The highest BCUT2D eigenvalue weighted by molar-refractivity contribution is 14.1. The van der Waals surface area contributed by atoms with Crippen LogP contribution in [0.4, 0.5) is 4.39 Å². The third-order valence-corrected chi connectivity index (χ3v) is 2.18. The molecule has 0 aliphatic rings. The van der Waals surface area contributed by atoms with E-state index >= 15 is 0 Å². The first-order valence-corrected chi connectivity index (χ1v) is 4.39. The van der Waals surface area contributed by atoms with E-state index in [1.807, 2.05) is 24.3 Å². The molecule has 0 fully saturated rings. The Morgan fingerprint density at radius 2 is 1.91 bits per heavy atom. The van der Waals surface area contributed by atoms with Crippen LogP contribution in [0.5, 0.6) is 0 Å². The van der Waals surface area contributed by atoms with Gasteiger partial charge in [-0.25, -0.2) is 4.39 Å². The maximum absolute atomic E-state index is 12.0. The highest BCUT2D eigenvalue weighted by Gasteiger charge is 2.03. The van der Waals surface area contributed by atoms with Crippen LogP contribution in [-0.2, 0) is 0 Å². The Kier molecular flexibility index (Phi) is 3.26. The van der Waals surface area contributed by atoms with Crippen molar-refractivity contribution >= 4 is 22.6 Å². The van der Waals surface area contributed by atoms with Crippen molar-refractivity contribution in [3.05, 3.63) is 33.4 Å². The Morgan fingerprint density at radius 3 is 2.36 bits per heavy atom. The van der Waals surface area contributed by atoms with Crippen molar-refractivity contribution in [2.45, 2.75) is 6.04 Å². The lowest BCUT2D eigenvalue weighted by atomic mass is 10.1. The molecule has 0 aromatic heterocycles. The number of benzene rings is 1. The molecule has 1 aromatic carbocycles. The van der Waals surface area contributed by atoms with Crippen LogP contribution < -0.4 is 5.73 Å². The summed E-state index contributed by atoms with van der Waals surface area (Å²) in [6.07, 6.45) is 0. The third-order valence-electron chi connectivity index (χ3n) is 1.46. The van der Waals surface area contributed by atoms with E-state index in [4.69, 9.17) is 5.73 Å². The van der Waals surface area contributed by atoms with Gasteiger partial charge in [-0.1, -0.05) is 12.1 Å². The van der Waals surface area contributed by atoms with Gasteiger partial charge in [0.1, 0.15) is 6.67 Å². The number of hydrogen-bond acceptors (Lipinski definition) is 1. The molecule has 0 aliphatic carbocycles. The van der Waals surface area contributed by atoms with Gasteiger partial charge in [0.2, 0.25) is 0 Å². The number of halogens is 2. The van der Waals surface area contributed by atoms with Crippen molar-refractivity contribution in [3.63, 3.8) is 0 Å². The van der Waals surface area contributed by atoms with E-state index in [9.17, 15) is 4.39 Å². The highest BCUT2D eigenvalue weighted by atomic mass is 127. The topological polar surface area (TPSA) is 26.0 Å². The van der Waals surface area contributed by atoms with Gasteiger partial charge in [-0.05, 0) is 40.3 Å². The second kappa shape index (κ2) is 4.01. The molecule has 1 nitrogen and oxygen atoms in total. The lowest BCUT2D eigenvalue weighted by molar-refractivity contribution is 0.437. The number of rotatable bonds is 2. The zero-order chi connectivity index (χ0) is 8.27. The van der Waals surface area contributed by atoms with Gasteiger partial charge in [-0.2, -0.15) is 0 Å². The molecular weight excluding hydrogens is 256 g/mol. The molecule has 0 heterocycles. The fraction of sp³-hybridized carbons (Fsp3) is 0.250. The maximum atomic E-state index is 12.0. The summed E-state index contributed by atoms with van der Waals surface area (Å²) < 4.78 is 13.2. The Morgan fingerprint density at radius 1 is 1.36 bits per heavy atom. The molecule has 0 saturated carbocycles. The van der Waals surface area contributed by atoms with Crippen LogP contribution in [-0.4, -0.2) is 6.67 Å². The molecule has 2 N–H and O–H groups in total. The van der Waals surface area contributed by atoms with E-state index in [2.05, 4.69) is 22.6 Å². The summed E-state index contributed by atoms with van der Waals surface area (Å²) >= 11 is 2.20. The summed E-state index contributed by atoms with van der Waals surface area (Å²) in [6.45, 7) is -0.499. The van der Waals surface area contributed by atoms with E-state index in [-0.39, 0.29) is 0 Å². The smallest absolute Gasteiger partial charge is 0.109 e. The summed E-state index contributed by atoms with van der Waals surface area (Å²) in [6, 6.07) is 7.08. The fourth-order valence-electron chi connectivity index (χ4n) is 0.799. The Balaban J connectivity index is 2.81. The summed E-state index contributed by atoms with van der Waals surface area (Å²) in [4.78, 5) is 0. The van der Waals surface area contributed by atoms with Gasteiger partial charge < -0.3 is 5.73 Å². The summed E-state index contributed by atoms with van der Waals surface area (Å²) in [5.41, 5.74) is 6.32. The van der Waals surface area contributed by atoms with E-state index < -0.39 is 12.7 Å². The number of hydrogen-bond donors (Lipinski definition) is 1. The molecule has 3 heteroatoms. The minimum absolute atomic E-state index is 0.466. The molecule has 0 saturated heterocycles. The number of alkyl halides is 1. The lowest BCUT2D eigenvalue weighted by Crippen LogP contribution is -2.11. The first-order chi connectivity index (χ1) is 5.24. The second-order valence-electron chi connectivity index (χ2n) is 2.31. The van der Waals surface area contributed by atoms with Gasteiger partial charge >= 0.3 is 0 Å². The van der Waals surface area contributed by atoms with Crippen molar-refractivity contribution in [2.75, 3.05) is 6.67 Å². The Labute approximate surface area is 78.9 Å². The first-order valence-electron chi connectivity index (χ1n) is 3.31. The zero-order valence-electron chi connectivity index (χ0n) is 5.93. The number of nitrogens with two attached hydrogens (primary N) is 1. The van der Waals surface area contributed by atoms with E-state index in [1.165, 1.54) is 0 Å². The quantitative estimate of drug-likeness (QED) is 0.815. The SMILES string of the molecule is N[C@@H](CF)c1ccc(I)cc1. The zero-order valence-corrected chi connectivity index (χ0v) is 8.08. The molecule has 1 atom stereocenters. The minimum Gasteiger partial charge on any atom is -0.322 e. The molecule has 0 amide bonds. The van der Waals surface area contributed by atoms with Crippen LogP contribution in [0.3, 0.4) is 0 Å².